The molecule has 122 valence electrons. The minimum absolute atomic E-state index is 0.201. The van der Waals surface area contributed by atoms with E-state index >= 15 is 0 Å². The van der Waals surface area contributed by atoms with E-state index in [1.807, 2.05) is 6.07 Å². The molecule has 2 aliphatic rings. The van der Waals surface area contributed by atoms with E-state index in [4.69, 9.17) is 0 Å². The summed E-state index contributed by atoms with van der Waals surface area (Å²) < 4.78 is 0. The largest absolute Gasteiger partial charge is 0.508 e. The minimum atomic E-state index is 0.201. The van der Waals surface area contributed by atoms with Crippen LogP contribution in [0.4, 0.5) is 0 Å². The molecule has 1 aromatic carbocycles. The number of benzene rings is 1. The van der Waals surface area contributed by atoms with Crippen LogP contribution in [0.5, 0.6) is 5.75 Å². The third-order valence-corrected chi connectivity index (χ3v) is 6.13. The van der Waals surface area contributed by atoms with Gasteiger partial charge in [-0.3, -0.25) is 0 Å². The van der Waals surface area contributed by atoms with Crippen LogP contribution in [-0.2, 0) is 6.42 Å². The van der Waals surface area contributed by atoms with Crippen molar-refractivity contribution in [1.82, 2.24) is 10.3 Å². The maximum Gasteiger partial charge on any atom is 0.117 e. The van der Waals surface area contributed by atoms with Gasteiger partial charge in [-0.15, -0.1) is 0 Å². The first kappa shape index (κ1) is 14.8. The fraction of sp³-hybridized carbons (Fsp3) is 0.500. The van der Waals surface area contributed by atoms with Crippen LogP contribution in [-0.4, -0.2) is 21.7 Å². The summed E-state index contributed by atoms with van der Waals surface area (Å²) in [5.41, 5.74) is 3.96. The van der Waals surface area contributed by atoms with Crippen LogP contribution in [0.15, 0.2) is 36.5 Å². The number of fused-ring (bicyclic) bond motifs is 3. The predicted octanol–water partition coefficient (Wildman–Crippen LogP) is 4.14. The number of H-pyrrole nitrogens is 1. The Morgan fingerprint density at radius 2 is 2.17 bits per heavy atom. The van der Waals surface area contributed by atoms with Gasteiger partial charge < -0.3 is 15.4 Å². The van der Waals surface area contributed by atoms with Crippen LogP contribution in [0, 0.1) is 11.8 Å². The molecule has 3 N–H and O–H groups in total. The average molecular weight is 310 g/mol. The standard InChI is InChI=1S/C20H26N2O/c1-12-4-5-14-9-17(12)19(22-20(14,2)3)8-13-11-21-18-10-15(23)6-7-16(13)18/h6-7,10-11,14,17,19,21-23H,1,4-5,8-9H2,2-3H3/t14-,17-,19+/m0/s1. The average Bonchev–Trinajstić information content (AvgIpc) is 2.88. The number of hydrogen-bond donors (Lipinski definition) is 3. The number of aromatic nitrogens is 1. The lowest BCUT2D eigenvalue weighted by Crippen LogP contribution is -2.60. The van der Waals surface area contributed by atoms with E-state index in [9.17, 15) is 5.11 Å². The maximum absolute atomic E-state index is 9.64. The summed E-state index contributed by atoms with van der Waals surface area (Å²) in [6, 6.07) is 6.03. The van der Waals surface area contributed by atoms with E-state index in [1.54, 1.807) is 12.1 Å². The SMILES string of the molecule is C=C1CC[C@H]2C[C@@H]1[C@@H](Cc1c[nH]c3cc(O)ccc13)NC2(C)C. The van der Waals surface area contributed by atoms with Crippen LogP contribution in [0.2, 0.25) is 0 Å². The van der Waals surface area contributed by atoms with Crippen molar-refractivity contribution >= 4 is 10.9 Å². The molecule has 1 saturated heterocycles. The molecular weight excluding hydrogens is 284 g/mol. The first-order chi connectivity index (χ1) is 10.9. The molecular formula is C20H26N2O. The molecule has 2 aromatic rings. The summed E-state index contributed by atoms with van der Waals surface area (Å²) in [6.07, 6.45) is 6.82. The third-order valence-electron chi connectivity index (χ3n) is 6.13. The Hall–Kier alpha value is -1.74. The highest BCUT2D eigenvalue weighted by Crippen LogP contribution is 2.45. The Bertz CT molecular complexity index is 758. The van der Waals surface area contributed by atoms with Gasteiger partial charge in [0.05, 0.1) is 0 Å². The van der Waals surface area contributed by atoms with Crippen LogP contribution in [0.25, 0.3) is 10.9 Å². The van der Waals surface area contributed by atoms with E-state index in [-0.39, 0.29) is 5.54 Å². The van der Waals surface area contributed by atoms with E-state index in [1.165, 1.54) is 35.8 Å². The molecule has 0 radical (unpaired) electrons. The van der Waals surface area contributed by atoms with Gasteiger partial charge in [0, 0.05) is 34.7 Å². The zero-order valence-electron chi connectivity index (χ0n) is 14.0. The predicted molar refractivity (Wildman–Crippen MR) is 94.6 cm³/mol. The molecule has 3 heteroatoms. The molecule has 1 aliphatic heterocycles. The molecule has 2 fully saturated rings. The summed E-state index contributed by atoms with van der Waals surface area (Å²) in [4.78, 5) is 3.30. The molecule has 2 heterocycles. The van der Waals surface area contributed by atoms with Gasteiger partial charge in [0.1, 0.15) is 5.75 Å². The smallest absolute Gasteiger partial charge is 0.117 e. The maximum atomic E-state index is 9.64. The first-order valence-corrected chi connectivity index (χ1v) is 8.68. The van der Waals surface area contributed by atoms with Gasteiger partial charge in [-0.2, -0.15) is 0 Å². The van der Waals surface area contributed by atoms with E-state index < -0.39 is 0 Å². The monoisotopic (exact) mass is 310 g/mol. The van der Waals surface area contributed by atoms with Crippen LogP contribution in [0.3, 0.4) is 0 Å². The molecule has 4 rings (SSSR count). The van der Waals surface area contributed by atoms with Gasteiger partial charge in [-0.05, 0) is 69.1 Å². The number of piperidine rings is 1. The van der Waals surface area contributed by atoms with Crippen molar-refractivity contribution in [3.8, 4) is 5.75 Å². The van der Waals surface area contributed by atoms with Crippen LogP contribution < -0.4 is 5.32 Å². The summed E-state index contributed by atoms with van der Waals surface area (Å²) in [7, 11) is 0. The third kappa shape index (κ3) is 2.47. The Morgan fingerprint density at radius 3 is 3.00 bits per heavy atom. The normalized spacial score (nSPS) is 29.8. The van der Waals surface area contributed by atoms with Gasteiger partial charge in [-0.1, -0.05) is 12.2 Å². The lowest BCUT2D eigenvalue weighted by Gasteiger charge is -2.52. The van der Waals surface area contributed by atoms with Crippen molar-refractivity contribution in [1.29, 1.82) is 0 Å². The second-order valence-electron chi connectivity index (χ2n) is 7.96. The van der Waals surface area contributed by atoms with E-state index in [0.717, 1.165) is 17.9 Å². The van der Waals surface area contributed by atoms with Crippen molar-refractivity contribution in [2.45, 2.75) is 51.1 Å². The van der Waals surface area contributed by atoms with Crippen molar-refractivity contribution < 1.29 is 5.11 Å². The zero-order chi connectivity index (χ0) is 16.2. The lowest BCUT2D eigenvalue weighted by atomic mass is 9.64. The first-order valence-electron chi connectivity index (χ1n) is 8.68. The molecule has 0 unspecified atom stereocenters. The van der Waals surface area contributed by atoms with Gasteiger partial charge in [0.15, 0.2) is 0 Å². The van der Waals surface area contributed by atoms with Gasteiger partial charge in [0.25, 0.3) is 0 Å². The molecule has 2 bridgehead atoms. The number of hydrogen-bond acceptors (Lipinski definition) is 2. The fourth-order valence-corrected chi connectivity index (χ4v) is 4.71. The van der Waals surface area contributed by atoms with Crippen LogP contribution >= 0.6 is 0 Å². The number of aromatic amines is 1. The Morgan fingerprint density at radius 1 is 1.35 bits per heavy atom. The molecule has 3 nitrogen and oxygen atoms in total. The number of phenolic OH excluding ortho intramolecular Hbond substituents is 1. The minimum Gasteiger partial charge on any atom is -0.508 e. The second kappa shape index (κ2) is 5.13. The fourth-order valence-electron chi connectivity index (χ4n) is 4.71. The zero-order valence-corrected chi connectivity index (χ0v) is 14.0. The summed E-state index contributed by atoms with van der Waals surface area (Å²) >= 11 is 0. The highest BCUT2D eigenvalue weighted by atomic mass is 16.3. The highest BCUT2D eigenvalue weighted by Gasteiger charge is 2.44. The second-order valence-corrected chi connectivity index (χ2v) is 7.96. The summed E-state index contributed by atoms with van der Waals surface area (Å²) in [6.45, 7) is 9.05. The highest BCUT2D eigenvalue weighted by molar-refractivity contribution is 5.84. The lowest BCUT2D eigenvalue weighted by molar-refractivity contribution is 0.0895. The number of nitrogens with one attached hydrogen (secondary N) is 2. The summed E-state index contributed by atoms with van der Waals surface area (Å²) in [5.74, 6) is 1.66. The quantitative estimate of drug-likeness (QED) is 0.730. The number of rotatable bonds is 2. The van der Waals surface area contributed by atoms with Crippen molar-refractivity contribution in [3.05, 3.63) is 42.1 Å². The van der Waals surface area contributed by atoms with Crippen molar-refractivity contribution in [2.24, 2.45) is 11.8 Å². The molecule has 1 aliphatic carbocycles. The molecule has 0 spiro atoms. The molecule has 23 heavy (non-hydrogen) atoms. The molecule has 0 amide bonds. The Balaban J connectivity index is 1.64. The molecule has 3 atom stereocenters. The van der Waals surface area contributed by atoms with Gasteiger partial charge >= 0.3 is 0 Å². The van der Waals surface area contributed by atoms with Crippen LogP contribution in [0.1, 0.15) is 38.7 Å². The van der Waals surface area contributed by atoms with Gasteiger partial charge in [0.2, 0.25) is 0 Å². The van der Waals surface area contributed by atoms with E-state index in [0.29, 0.717) is 17.7 Å². The topological polar surface area (TPSA) is 48.0 Å². The van der Waals surface area contributed by atoms with Crippen molar-refractivity contribution in [3.63, 3.8) is 0 Å². The molecule has 1 aromatic heterocycles. The van der Waals surface area contributed by atoms with Gasteiger partial charge in [-0.25, -0.2) is 0 Å². The van der Waals surface area contributed by atoms with E-state index in [2.05, 4.69) is 36.9 Å². The Labute approximate surface area is 137 Å². The molecule has 1 saturated carbocycles. The number of aromatic hydroxyl groups is 1. The Kier molecular flexibility index (Phi) is 3.31. The van der Waals surface area contributed by atoms with Crippen molar-refractivity contribution in [2.75, 3.05) is 0 Å². The number of phenols is 1. The summed E-state index contributed by atoms with van der Waals surface area (Å²) in [5, 5.41) is 14.8.